The van der Waals surface area contributed by atoms with Crippen molar-refractivity contribution in [2.24, 2.45) is 0 Å². The van der Waals surface area contributed by atoms with Gasteiger partial charge in [-0.15, -0.1) is 5.10 Å². The predicted octanol–water partition coefficient (Wildman–Crippen LogP) is 4.02. The summed E-state index contributed by atoms with van der Waals surface area (Å²) >= 11 is 0. The summed E-state index contributed by atoms with van der Waals surface area (Å²) in [5.74, 6) is 0.496. The molecule has 154 valence electrons. The maximum atomic E-state index is 12.6. The zero-order chi connectivity index (χ0) is 21.0. The number of amides is 1. The van der Waals surface area contributed by atoms with Crippen LogP contribution in [0.15, 0.2) is 67.1 Å². The number of nitrogens with one attached hydrogen (secondary N) is 2. The van der Waals surface area contributed by atoms with E-state index in [4.69, 9.17) is 0 Å². The standard InChI is InChI=1S/C23H21N7O/c31-23(16-3-8-20-21(13-16)25-10-9-24-20)28-18-6-4-17(5-7-18)27-22-14-19(15-26-29-22)30-11-1-2-12-30/h3-10,13-15H,1-2,11-12H2,(H,27,29)(H,28,31). The van der Waals surface area contributed by atoms with Gasteiger partial charge in [0.15, 0.2) is 5.82 Å². The van der Waals surface area contributed by atoms with Gasteiger partial charge in [-0.1, -0.05) is 0 Å². The van der Waals surface area contributed by atoms with Crippen molar-refractivity contribution in [3.05, 3.63) is 72.7 Å². The number of aromatic nitrogens is 4. The van der Waals surface area contributed by atoms with E-state index in [0.29, 0.717) is 22.6 Å². The van der Waals surface area contributed by atoms with Crippen molar-refractivity contribution in [3.8, 4) is 0 Å². The zero-order valence-electron chi connectivity index (χ0n) is 16.8. The van der Waals surface area contributed by atoms with E-state index in [1.165, 1.54) is 12.8 Å². The highest BCUT2D eigenvalue weighted by atomic mass is 16.1. The van der Waals surface area contributed by atoms with E-state index in [-0.39, 0.29) is 5.91 Å². The first-order valence-electron chi connectivity index (χ1n) is 10.2. The van der Waals surface area contributed by atoms with Crippen LogP contribution in [-0.2, 0) is 0 Å². The van der Waals surface area contributed by atoms with Crippen molar-refractivity contribution < 1.29 is 4.79 Å². The van der Waals surface area contributed by atoms with Crippen LogP contribution >= 0.6 is 0 Å². The van der Waals surface area contributed by atoms with Gasteiger partial charge in [0.05, 0.1) is 22.9 Å². The first kappa shape index (κ1) is 18.9. The van der Waals surface area contributed by atoms with Crippen molar-refractivity contribution in [3.63, 3.8) is 0 Å². The Morgan fingerprint density at radius 3 is 2.42 bits per heavy atom. The third-order valence-corrected chi connectivity index (χ3v) is 5.26. The second kappa shape index (κ2) is 8.35. The average Bonchev–Trinajstić information content (AvgIpc) is 3.35. The number of carbonyl (C=O) groups is 1. The molecule has 0 bridgehead atoms. The molecule has 1 saturated heterocycles. The Morgan fingerprint density at radius 2 is 1.61 bits per heavy atom. The summed E-state index contributed by atoms with van der Waals surface area (Å²) in [5, 5.41) is 14.5. The normalized spacial score (nSPS) is 13.4. The van der Waals surface area contributed by atoms with Gasteiger partial charge in [-0.3, -0.25) is 14.8 Å². The Balaban J connectivity index is 1.25. The molecule has 1 aliphatic heterocycles. The number of nitrogens with zero attached hydrogens (tertiary/aromatic N) is 5. The summed E-state index contributed by atoms with van der Waals surface area (Å²) in [6, 6.07) is 14.8. The fourth-order valence-corrected chi connectivity index (χ4v) is 3.66. The van der Waals surface area contributed by atoms with Gasteiger partial charge in [-0.2, -0.15) is 5.10 Å². The minimum Gasteiger partial charge on any atom is -0.370 e. The topological polar surface area (TPSA) is 95.9 Å². The Labute approximate surface area is 179 Å². The number of hydrogen-bond acceptors (Lipinski definition) is 7. The van der Waals surface area contributed by atoms with Crippen molar-refractivity contribution in [1.82, 2.24) is 20.2 Å². The second-order valence-electron chi connectivity index (χ2n) is 7.41. The summed E-state index contributed by atoms with van der Waals surface area (Å²) in [6.45, 7) is 2.12. The molecule has 5 rings (SSSR count). The lowest BCUT2D eigenvalue weighted by atomic mass is 10.1. The maximum Gasteiger partial charge on any atom is 0.255 e. The van der Waals surface area contributed by atoms with Gasteiger partial charge in [0.1, 0.15) is 0 Å². The zero-order valence-corrected chi connectivity index (χ0v) is 16.8. The van der Waals surface area contributed by atoms with Gasteiger partial charge < -0.3 is 15.5 Å². The van der Waals surface area contributed by atoms with E-state index in [9.17, 15) is 4.79 Å². The largest absolute Gasteiger partial charge is 0.370 e. The number of fused-ring (bicyclic) bond motifs is 1. The van der Waals surface area contributed by atoms with Crippen molar-refractivity contribution in [1.29, 1.82) is 0 Å². The molecule has 0 spiro atoms. The average molecular weight is 411 g/mol. The van der Waals surface area contributed by atoms with Crippen molar-refractivity contribution in [2.75, 3.05) is 28.6 Å². The molecule has 0 aliphatic carbocycles. The lowest BCUT2D eigenvalue weighted by Gasteiger charge is -2.17. The number of rotatable bonds is 5. The molecular formula is C23H21N7O. The van der Waals surface area contributed by atoms with Crippen LogP contribution < -0.4 is 15.5 Å². The third kappa shape index (κ3) is 4.28. The molecule has 31 heavy (non-hydrogen) atoms. The lowest BCUT2D eigenvalue weighted by Crippen LogP contribution is -2.18. The summed E-state index contributed by atoms with van der Waals surface area (Å²) in [4.78, 5) is 23.4. The molecule has 8 nitrogen and oxygen atoms in total. The van der Waals surface area contributed by atoms with E-state index in [1.54, 1.807) is 36.8 Å². The van der Waals surface area contributed by atoms with Crippen LogP contribution in [0.4, 0.5) is 22.9 Å². The summed E-state index contributed by atoms with van der Waals surface area (Å²) < 4.78 is 0. The van der Waals surface area contributed by atoms with Gasteiger partial charge in [-0.05, 0) is 55.3 Å². The second-order valence-corrected chi connectivity index (χ2v) is 7.41. The Hall–Kier alpha value is -4.07. The van der Waals surface area contributed by atoms with E-state index < -0.39 is 0 Å². The Bertz CT molecular complexity index is 1220. The number of anilines is 4. The van der Waals surface area contributed by atoms with Crippen LogP contribution in [0.5, 0.6) is 0 Å². The molecular weight excluding hydrogens is 390 g/mol. The van der Waals surface area contributed by atoms with Gasteiger partial charge in [-0.25, -0.2) is 0 Å². The highest BCUT2D eigenvalue weighted by molar-refractivity contribution is 6.05. The van der Waals surface area contributed by atoms with Crippen LogP contribution in [0, 0.1) is 0 Å². The molecule has 4 aromatic rings. The molecule has 0 radical (unpaired) electrons. The highest BCUT2D eigenvalue weighted by Gasteiger charge is 2.13. The van der Waals surface area contributed by atoms with Crippen molar-refractivity contribution in [2.45, 2.75) is 12.8 Å². The van der Waals surface area contributed by atoms with Gasteiger partial charge in [0.25, 0.3) is 5.91 Å². The number of benzene rings is 2. The molecule has 3 heterocycles. The van der Waals surface area contributed by atoms with Crippen LogP contribution in [0.3, 0.4) is 0 Å². The molecule has 8 heteroatoms. The molecule has 1 amide bonds. The van der Waals surface area contributed by atoms with Crippen molar-refractivity contribution >= 4 is 39.8 Å². The monoisotopic (exact) mass is 411 g/mol. The molecule has 2 aromatic heterocycles. The van der Waals surface area contributed by atoms with E-state index in [2.05, 4.69) is 35.7 Å². The predicted molar refractivity (Wildman–Crippen MR) is 121 cm³/mol. The molecule has 1 fully saturated rings. The molecule has 0 atom stereocenters. The Morgan fingerprint density at radius 1 is 0.871 bits per heavy atom. The SMILES string of the molecule is O=C(Nc1ccc(Nc2cc(N3CCCC3)cnn2)cc1)c1ccc2nccnc2c1. The fraction of sp³-hybridized carbons (Fsp3) is 0.174. The molecule has 0 unspecified atom stereocenters. The van der Waals surface area contributed by atoms with Gasteiger partial charge in [0, 0.05) is 48.5 Å². The third-order valence-electron chi connectivity index (χ3n) is 5.26. The van der Waals surface area contributed by atoms with Gasteiger partial charge >= 0.3 is 0 Å². The fourth-order valence-electron chi connectivity index (χ4n) is 3.66. The van der Waals surface area contributed by atoms with Gasteiger partial charge in [0.2, 0.25) is 0 Å². The molecule has 1 aliphatic rings. The summed E-state index contributed by atoms with van der Waals surface area (Å²) in [6.07, 6.45) is 7.47. The van der Waals surface area contributed by atoms with E-state index in [0.717, 1.165) is 30.0 Å². The Kier molecular flexibility index (Phi) is 5.10. The van der Waals surface area contributed by atoms with Crippen LogP contribution in [-0.4, -0.2) is 39.2 Å². The van der Waals surface area contributed by atoms with Crippen LogP contribution in [0.25, 0.3) is 11.0 Å². The first-order valence-corrected chi connectivity index (χ1v) is 10.2. The van der Waals surface area contributed by atoms with E-state index in [1.807, 2.05) is 30.3 Å². The quantitative estimate of drug-likeness (QED) is 0.512. The minimum absolute atomic E-state index is 0.197. The van der Waals surface area contributed by atoms with E-state index >= 15 is 0 Å². The molecule has 0 saturated carbocycles. The van der Waals surface area contributed by atoms with Crippen LogP contribution in [0.2, 0.25) is 0 Å². The summed E-state index contributed by atoms with van der Waals surface area (Å²) in [5.41, 5.74) is 4.63. The lowest BCUT2D eigenvalue weighted by molar-refractivity contribution is 0.102. The van der Waals surface area contributed by atoms with Crippen LogP contribution in [0.1, 0.15) is 23.2 Å². The first-order chi connectivity index (χ1) is 15.2. The molecule has 2 N–H and O–H groups in total. The number of carbonyl (C=O) groups excluding carboxylic acids is 1. The highest BCUT2D eigenvalue weighted by Crippen LogP contribution is 2.23. The maximum absolute atomic E-state index is 12.6. The smallest absolute Gasteiger partial charge is 0.255 e. The minimum atomic E-state index is -0.197. The number of hydrogen-bond donors (Lipinski definition) is 2. The summed E-state index contributed by atoms with van der Waals surface area (Å²) in [7, 11) is 0. The molecule has 2 aromatic carbocycles.